The van der Waals surface area contributed by atoms with Crippen LogP contribution in [0.5, 0.6) is 0 Å². The molecule has 0 aliphatic heterocycles. The monoisotopic (exact) mass is 252 g/mol. The molecule has 94 valence electrons. The predicted octanol–water partition coefficient (Wildman–Crippen LogP) is 1.47. The number of nitrogens with two attached hydrogens (primary N) is 1. The molecule has 1 aromatic rings. The molecule has 0 atom stereocenters. The summed E-state index contributed by atoms with van der Waals surface area (Å²) in [7, 11) is 2.10. The summed E-state index contributed by atoms with van der Waals surface area (Å²) in [6, 6.07) is 4.35. The maximum absolute atomic E-state index is 5.61. The lowest BCUT2D eigenvalue weighted by Gasteiger charge is -2.21. The third kappa shape index (κ3) is 4.28. The largest absolute Gasteiger partial charge is 0.388 e. The van der Waals surface area contributed by atoms with Crippen LogP contribution in [-0.4, -0.2) is 41.1 Å². The van der Waals surface area contributed by atoms with Crippen LogP contribution in [0.3, 0.4) is 0 Å². The molecule has 0 amide bonds. The highest BCUT2D eigenvalue weighted by Gasteiger charge is 2.06. The van der Waals surface area contributed by atoms with Crippen molar-refractivity contribution in [2.24, 2.45) is 5.73 Å². The average molecular weight is 252 g/mol. The molecule has 1 aromatic heterocycles. The van der Waals surface area contributed by atoms with Crippen molar-refractivity contribution in [3.8, 4) is 0 Å². The van der Waals surface area contributed by atoms with Gasteiger partial charge in [-0.2, -0.15) is 0 Å². The van der Waals surface area contributed by atoms with Gasteiger partial charge >= 0.3 is 0 Å². The van der Waals surface area contributed by atoms with Crippen LogP contribution in [0, 0.1) is 0 Å². The zero-order chi connectivity index (χ0) is 12.8. The summed E-state index contributed by atoms with van der Waals surface area (Å²) in [5, 5.41) is 3.31. The molecule has 0 bridgehead atoms. The average Bonchev–Trinajstić information content (AvgIpc) is 2.29. The van der Waals surface area contributed by atoms with E-state index in [-0.39, 0.29) is 0 Å². The molecule has 0 unspecified atom stereocenters. The van der Waals surface area contributed by atoms with Gasteiger partial charge in [0.1, 0.15) is 10.7 Å². The Hall–Kier alpha value is -1.20. The van der Waals surface area contributed by atoms with Gasteiger partial charge in [0.2, 0.25) is 0 Å². The van der Waals surface area contributed by atoms with Crippen LogP contribution >= 0.6 is 12.2 Å². The minimum atomic E-state index is 0.324. The van der Waals surface area contributed by atoms with Gasteiger partial charge < -0.3 is 16.0 Å². The van der Waals surface area contributed by atoms with Crippen LogP contribution in [0.4, 0.5) is 5.69 Å². The number of anilines is 1. The molecule has 0 spiro atoms. The molecule has 1 heterocycles. The summed E-state index contributed by atoms with van der Waals surface area (Å²) in [6.07, 6.45) is 1.69. The Bertz CT molecular complexity index is 379. The molecule has 0 saturated heterocycles. The first kappa shape index (κ1) is 13.9. The highest BCUT2D eigenvalue weighted by molar-refractivity contribution is 7.80. The number of nitrogens with zero attached hydrogens (tertiary/aromatic N) is 2. The number of aromatic nitrogens is 1. The summed E-state index contributed by atoms with van der Waals surface area (Å²) in [5.74, 6) is 0. The molecule has 0 fully saturated rings. The first-order valence-electron chi connectivity index (χ1n) is 5.71. The molecule has 3 N–H and O–H groups in total. The minimum absolute atomic E-state index is 0.324. The Labute approximate surface area is 108 Å². The summed E-state index contributed by atoms with van der Waals surface area (Å²) in [5.41, 5.74) is 7.17. The molecule has 5 heteroatoms. The van der Waals surface area contributed by atoms with E-state index < -0.39 is 0 Å². The van der Waals surface area contributed by atoms with Crippen molar-refractivity contribution in [2.45, 2.75) is 19.9 Å². The van der Waals surface area contributed by atoms with Crippen molar-refractivity contribution in [1.29, 1.82) is 0 Å². The van der Waals surface area contributed by atoms with E-state index in [0.717, 1.165) is 18.8 Å². The van der Waals surface area contributed by atoms with Gasteiger partial charge in [-0.3, -0.25) is 4.98 Å². The fourth-order valence-corrected chi connectivity index (χ4v) is 1.53. The molecular formula is C12H20N4S. The van der Waals surface area contributed by atoms with Crippen LogP contribution in [0.2, 0.25) is 0 Å². The van der Waals surface area contributed by atoms with Gasteiger partial charge in [-0.15, -0.1) is 0 Å². The lowest BCUT2D eigenvalue weighted by molar-refractivity contribution is 0.284. The molecular weight excluding hydrogens is 232 g/mol. The highest BCUT2D eigenvalue weighted by Crippen LogP contribution is 2.11. The van der Waals surface area contributed by atoms with E-state index in [1.165, 1.54) is 0 Å². The molecule has 0 aliphatic carbocycles. The maximum atomic E-state index is 5.61. The molecule has 0 aliphatic rings. The highest BCUT2D eigenvalue weighted by atomic mass is 32.1. The first-order valence-corrected chi connectivity index (χ1v) is 6.12. The van der Waals surface area contributed by atoms with Crippen molar-refractivity contribution < 1.29 is 0 Å². The SMILES string of the molecule is CC(C)N(C)CCNc1cccnc1C(N)=S. The third-order valence-corrected chi connectivity index (χ3v) is 2.90. The molecule has 0 radical (unpaired) electrons. The topological polar surface area (TPSA) is 54.2 Å². The van der Waals surface area contributed by atoms with E-state index in [1.54, 1.807) is 6.20 Å². The van der Waals surface area contributed by atoms with Crippen molar-refractivity contribution in [1.82, 2.24) is 9.88 Å². The Kier molecular flexibility index (Phi) is 5.31. The van der Waals surface area contributed by atoms with E-state index in [4.69, 9.17) is 18.0 Å². The number of nitrogens with one attached hydrogen (secondary N) is 1. The minimum Gasteiger partial charge on any atom is -0.388 e. The van der Waals surface area contributed by atoms with E-state index >= 15 is 0 Å². The second-order valence-corrected chi connectivity index (χ2v) is 4.70. The fraction of sp³-hybridized carbons (Fsp3) is 0.500. The normalized spacial score (nSPS) is 10.9. The van der Waals surface area contributed by atoms with Gasteiger partial charge in [0.05, 0.1) is 5.69 Å². The second kappa shape index (κ2) is 6.51. The summed E-state index contributed by atoms with van der Waals surface area (Å²) in [6.45, 7) is 6.15. The molecule has 4 nitrogen and oxygen atoms in total. The number of hydrogen-bond acceptors (Lipinski definition) is 4. The van der Waals surface area contributed by atoms with E-state index in [9.17, 15) is 0 Å². The Morgan fingerprint density at radius 2 is 2.29 bits per heavy atom. The van der Waals surface area contributed by atoms with Crippen LogP contribution < -0.4 is 11.1 Å². The van der Waals surface area contributed by atoms with Gasteiger partial charge in [0.25, 0.3) is 0 Å². The smallest absolute Gasteiger partial charge is 0.124 e. The van der Waals surface area contributed by atoms with E-state index in [2.05, 4.69) is 36.1 Å². The van der Waals surface area contributed by atoms with Crippen molar-refractivity contribution in [2.75, 3.05) is 25.5 Å². The fourth-order valence-electron chi connectivity index (χ4n) is 1.37. The molecule has 0 saturated carbocycles. The summed E-state index contributed by atoms with van der Waals surface area (Å²) < 4.78 is 0. The third-order valence-electron chi connectivity index (χ3n) is 2.70. The van der Waals surface area contributed by atoms with E-state index in [0.29, 0.717) is 16.7 Å². The Morgan fingerprint density at radius 1 is 1.59 bits per heavy atom. The summed E-state index contributed by atoms with van der Waals surface area (Å²) in [4.78, 5) is 6.76. The van der Waals surface area contributed by atoms with Gasteiger partial charge in [-0.05, 0) is 33.0 Å². The van der Waals surface area contributed by atoms with Gasteiger partial charge in [-0.1, -0.05) is 12.2 Å². The van der Waals surface area contributed by atoms with Crippen molar-refractivity contribution in [3.05, 3.63) is 24.0 Å². The standard InChI is InChI=1S/C12H20N4S/c1-9(2)16(3)8-7-14-10-5-4-6-15-11(10)12(13)17/h4-6,9,14H,7-8H2,1-3H3,(H2,13,17). The Morgan fingerprint density at radius 3 is 2.88 bits per heavy atom. The number of hydrogen-bond donors (Lipinski definition) is 2. The van der Waals surface area contributed by atoms with Crippen LogP contribution in [0.25, 0.3) is 0 Å². The van der Waals surface area contributed by atoms with Crippen LogP contribution in [-0.2, 0) is 0 Å². The summed E-state index contributed by atoms with van der Waals surface area (Å²) >= 11 is 4.96. The first-order chi connectivity index (χ1) is 8.02. The van der Waals surface area contributed by atoms with Crippen LogP contribution in [0.15, 0.2) is 18.3 Å². The lowest BCUT2D eigenvalue weighted by Crippen LogP contribution is -2.31. The number of thiocarbonyl (C=S) groups is 1. The number of rotatable bonds is 6. The maximum Gasteiger partial charge on any atom is 0.124 e. The van der Waals surface area contributed by atoms with Gasteiger partial charge in [0.15, 0.2) is 0 Å². The van der Waals surface area contributed by atoms with E-state index in [1.807, 2.05) is 12.1 Å². The van der Waals surface area contributed by atoms with Gasteiger partial charge in [-0.25, -0.2) is 0 Å². The molecule has 1 rings (SSSR count). The van der Waals surface area contributed by atoms with Crippen molar-refractivity contribution in [3.63, 3.8) is 0 Å². The number of likely N-dealkylation sites (N-methyl/N-ethyl adjacent to an activating group) is 1. The molecule has 17 heavy (non-hydrogen) atoms. The molecule has 0 aromatic carbocycles. The number of pyridine rings is 1. The lowest BCUT2D eigenvalue weighted by atomic mass is 10.3. The van der Waals surface area contributed by atoms with Gasteiger partial charge in [0, 0.05) is 25.3 Å². The van der Waals surface area contributed by atoms with Crippen molar-refractivity contribution >= 4 is 22.9 Å². The zero-order valence-corrected chi connectivity index (χ0v) is 11.4. The Balaban J connectivity index is 2.55. The quantitative estimate of drug-likeness (QED) is 0.751. The second-order valence-electron chi connectivity index (χ2n) is 4.26. The predicted molar refractivity (Wildman–Crippen MR) is 76.4 cm³/mol. The van der Waals surface area contributed by atoms with Crippen LogP contribution in [0.1, 0.15) is 19.5 Å². The zero-order valence-electron chi connectivity index (χ0n) is 10.6.